The van der Waals surface area contributed by atoms with Gasteiger partial charge in [-0.05, 0) is 36.8 Å². The minimum absolute atomic E-state index is 0.0302. The maximum absolute atomic E-state index is 12.7. The number of amides is 1. The molecule has 0 heterocycles. The van der Waals surface area contributed by atoms with E-state index < -0.39 is 0 Å². The molecule has 2 aromatic rings. The lowest BCUT2D eigenvalue weighted by atomic mass is 10.1. The van der Waals surface area contributed by atoms with Crippen LogP contribution in [0.25, 0.3) is 0 Å². The van der Waals surface area contributed by atoms with Gasteiger partial charge in [0.15, 0.2) is 0 Å². The molecule has 2 rings (SSSR count). The van der Waals surface area contributed by atoms with E-state index in [2.05, 4.69) is 6.07 Å². The summed E-state index contributed by atoms with van der Waals surface area (Å²) in [7, 11) is 1.60. The summed E-state index contributed by atoms with van der Waals surface area (Å²) in [5, 5.41) is 8.84. The Balaban J connectivity index is 2.19. The van der Waals surface area contributed by atoms with Crippen LogP contribution in [0.3, 0.4) is 0 Å². The highest BCUT2D eigenvalue weighted by Crippen LogP contribution is 2.19. The molecule has 0 aromatic heterocycles. The lowest BCUT2D eigenvalue weighted by Gasteiger charge is -2.22. The first kappa shape index (κ1) is 16.6. The normalized spacial score (nSPS) is 9.96. The van der Waals surface area contributed by atoms with Crippen molar-refractivity contribution in [2.24, 2.45) is 0 Å². The van der Waals surface area contributed by atoms with Gasteiger partial charge in [-0.1, -0.05) is 29.8 Å². The lowest BCUT2D eigenvalue weighted by Crippen LogP contribution is -2.33. The molecular formula is C19H20N2O2. The summed E-state index contributed by atoms with van der Waals surface area (Å²) in [5.74, 6) is 0.701. The maximum Gasteiger partial charge on any atom is 0.231 e. The van der Waals surface area contributed by atoms with Crippen molar-refractivity contribution in [3.05, 3.63) is 59.7 Å². The third-order valence-corrected chi connectivity index (χ3v) is 3.58. The monoisotopic (exact) mass is 308 g/mol. The Morgan fingerprint density at radius 1 is 1.22 bits per heavy atom. The van der Waals surface area contributed by atoms with Gasteiger partial charge in [0.05, 0.1) is 26.0 Å². The van der Waals surface area contributed by atoms with E-state index >= 15 is 0 Å². The summed E-state index contributed by atoms with van der Waals surface area (Å²) in [6, 6.07) is 17.3. The summed E-state index contributed by atoms with van der Waals surface area (Å²) < 4.78 is 5.19. The molecule has 0 aliphatic rings. The maximum atomic E-state index is 12.7. The van der Waals surface area contributed by atoms with Gasteiger partial charge in [0.25, 0.3) is 0 Å². The molecule has 23 heavy (non-hydrogen) atoms. The SMILES string of the molecule is COc1cccc(CC(=O)N(CCC#N)c2ccc(C)cc2)c1. The number of aryl methyl sites for hydroxylation is 1. The number of methoxy groups -OCH3 is 1. The number of nitriles is 1. The standard InChI is InChI=1S/C19H20N2O2/c1-15-7-9-17(10-8-15)21(12-4-11-20)19(22)14-16-5-3-6-18(13-16)23-2/h3,5-10,13H,4,12,14H2,1-2H3. The molecule has 0 aliphatic carbocycles. The number of carbonyl (C=O) groups excluding carboxylic acids is 1. The Bertz CT molecular complexity index is 702. The Morgan fingerprint density at radius 2 is 1.96 bits per heavy atom. The first-order valence-electron chi connectivity index (χ1n) is 7.51. The molecule has 1 amide bonds. The molecule has 0 saturated heterocycles. The molecule has 0 radical (unpaired) electrons. The van der Waals surface area contributed by atoms with Crippen LogP contribution in [0.15, 0.2) is 48.5 Å². The van der Waals surface area contributed by atoms with E-state index in [4.69, 9.17) is 10.00 Å². The van der Waals surface area contributed by atoms with Crippen LogP contribution in [0.2, 0.25) is 0 Å². The van der Waals surface area contributed by atoms with Crippen LogP contribution in [-0.4, -0.2) is 19.6 Å². The van der Waals surface area contributed by atoms with E-state index in [1.807, 2.05) is 55.5 Å². The lowest BCUT2D eigenvalue weighted by molar-refractivity contribution is -0.118. The average molecular weight is 308 g/mol. The van der Waals surface area contributed by atoms with Crippen LogP contribution in [0.4, 0.5) is 5.69 Å². The van der Waals surface area contributed by atoms with E-state index in [-0.39, 0.29) is 12.3 Å². The summed E-state index contributed by atoms with van der Waals surface area (Å²) in [5.41, 5.74) is 2.84. The molecule has 0 spiro atoms. The van der Waals surface area contributed by atoms with E-state index in [9.17, 15) is 4.79 Å². The van der Waals surface area contributed by atoms with Gasteiger partial charge in [0, 0.05) is 12.2 Å². The van der Waals surface area contributed by atoms with Crippen molar-refractivity contribution in [2.45, 2.75) is 19.8 Å². The van der Waals surface area contributed by atoms with Crippen molar-refractivity contribution in [3.63, 3.8) is 0 Å². The van der Waals surface area contributed by atoms with Gasteiger partial charge in [0.2, 0.25) is 5.91 Å². The molecule has 4 nitrogen and oxygen atoms in total. The van der Waals surface area contributed by atoms with Crippen LogP contribution in [0.1, 0.15) is 17.5 Å². The first-order chi connectivity index (χ1) is 11.1. The van der Waals surface area contributed by atoms with Gasteiger partial charge in [-0.2, -0.15) is 5.26 Å². The largest absolute Gasteiger partial charge is 0.497 e. The average Bonchev–Trinajstić information content (AvgIpc) is 2.57. The molecule has 0 fully saturated rings. The number of benzene rings is 2. The Kier molecular flexibility index (Phi) is 5.76. The fourth-order valence-corrected chi connectivity index (χ4v) is 2.34. The van der Waals surface area contributed by atoms with Gasteiger partial charge in [-0.15, -0.1) is 0 Å². The van der Waals surface area contributed by atoms with Crippen molar-refractivity contribution in [2.75, 3.05) is 18.6 Å². The number of hydrogen-bond donors (Lipinski definition) is 0. The third kappa shape index (κ3) is 4.58. The number of hydrogen-bond acceptors (Lipinski definition) is 3. The zero-order valence-corrected chi connectivity index (χ0v) is 13.5. The highest BCUT2D eigenvalue weighted by atomic mass is 16.5. The van der Waals surface area contributed by atoms with Crippen LogP contribution >= 0.6 is 0 Å². The molecule has 4 heteroatoms. The van der Waals surface area contributed by atoms with E-state index in [1.165, 1.54) is 0 Å². The van der Waals surface area contributed by atoms with Gasteiger partial charge >= 0.3 is 0 Å². The van der Waals surface area contributed by atoms with Crippen LogP contribution in [-0.2, 0) is 11.2 Å². The van der Waals surface area contributed by atoms with E-state index in [1.54, 1.807) is 12.0 Å². The fourth-order valence-electron chi connectivity index (χ4n) is 2.34. The Morgan fingerprint density at radius 3 is 2.61 bits per heavy atom. The Hall–Kier alpha value is -2.80. The number of anilines is 1. The molecule has 118 valence electrons. The molecule has 0 atom stereocenters. The minimum Gasteiger partial charge on any atom is -0.497 e. The molecular weight excluding hydrogens is 288 g/mol. The highest BCUT2D eigenvalue weighted by Gasteiger charge is 2.16. The fraction of sp³-hybridized carbons (Fsp3) is 0.263. The number of carbonyl (C=O) groups is 1. The summed E-state index contributed by atoms with van der Waals surface area (Å²) >= 11 is 0. The van der Waals surface area contributed by atoms with Crippen molar-refractivity contribution in [3.8, 4) is 11.8 Å². The summed E-state index contributed by atoms with van der Waals surface area (Å²) in [6.07, 6.45) is 0.578. The smallest absolute Gasteiger partial charge is 0.231 e. The topological polar surface area (TPSA) is 53.3 Å². The second-order valence-corrected chi connectivity index (χ2v) is 5.32. The zero-order valence-electron chi connectivity index (χ0n) is 13.5. The van der Waals surface area contributed by atoms with E-state index in [0.717, 1.165) is 22.6 Å². The predicted molar refractivity (Wildman–Crippen MR) is 90.5 cm³/mol. The predicted octanol–water partition coefficient (Wildman–Crippen LogP) is 3.49. The number of rotatable bonds is 6. The number of ether oxygens (including phenoxy) is 1. The summed E-state index contributed by atoms with van der Waals surface area (Å²) in [4.78, 5) is 14.3. The molecule has 2 aromatic carbocycles. The quantitative estimate of drug-likeness (QED) is 0.821. The van der Waals surface area contributed by atoms with Gasteiger partial charge < -0.3 is 9.64 Å². The second-order valence-electron chi connectivity index (χ2n) is 5.32. The van der Waals surface area contributed by atoms with Gasteiger partial charge in [-0.3, -0.25) is 4.79 Å². The molecule has 0 N–H and O–H groups in total. The van der Waals surface area contributed by atoms with Gasteiger partial charge in [0.1, 0.15) is 5.75 Å². The highest BCUT2D eigenvalue weighted by molar-refractivity contribution is 5.94. The molecule has 0 saturated carbocycles. The molecule has 0 unspecified atom stereocenters. The van der Waals surface area contributed by atoms with Crippen LogP contribution in [0, 0.1) is 18.3 Å². The zero-order chi connectivity index (χ0) is 16.7. The van der Waals surface area contributed by atoms with Crippen LogP contribution in [0.5, 0.6) is 5.75 Å². The van der Waals surface area contributed by atoms with Crippen molar-refractivity contribution in [1.82, 2.24) is 0 Å². The number of nitrogens with zero attached hydrogens (tertiary/aromatic N) is 2. The third-order valence-electron chi connectivity index (χ3n) is 3.58. The minimum atomic E-state index is -0.0302. The first-order valence-corrected chi connectivity index (χ1v) is 7.51. The summed E-state index contributed by atoms with van der Waals surface area (Å²) in [6.45, 7) is 2.39. The Labute approximate surface area is 136 Å². The molecule has 0 aliphatic heterocycles. The van der Waals surface area contributed by atoms with E-state index in [0.29, 0.717) is 13.0 Å². The van der Waals surface area contributed by atoms with Crippen molar-refractivity contribution >= 4 is 11.6 Å². The molecule has 0 bridgehead atoms. The van der Waals surface area contributed by atoms with Gasteiger partial charge in [-0.25, -0.2) is 0 Å². The van der Waals surface area contributed by atoms with Crippen molar-refractivity contribution in [1.29, 1.82) is 5.26 Å². The van der Waals surface area contributed by atoms with Crippen LogP contribution < -0.4 is 9.64 Å². The second kappa shape index (κ2) is 8.00. The van der Waals surface area contributed by atoms with Crippen molar-refractivity contribution < 1.29 is 9.53 Å².